The van der Waals surface area contributed by atoms with E-state index in [1.54, 1.807) is 0 Å². The second-order valence-corrected chi connectivity index (χ2v) is 5.37. The maximum absolute atomic E-state index is 4.85. The van der Waals surface area contributed by atoms with Gasteiger partial charge in [0.2, 0.25) is 0 Å². The molecule has 0 aromatic carbocycles. The van der Waals surface area contributed by atoms with Crippen molar-refractivity contribution < 1.29 is 68.6 Å². The normalized spacial score (nSPS) is 8.12. The molecule has 0 heterocycles. The summed E-state index contributed by atoms with van der Waals surface area (Å²) in [6.45, 7) is 8.51. The molecule has 0 bridgehead atoms. The molecule has 0 amide bonds. The topological polar surface area (TPSA) is 18.5 Å². The summed E-state index contributed by atoms with van der Waals surface area (Å²) in [4.78, 5) is 0. The summed E-state index contributed by atoms with van der Waals surface area (Å²) >= 11 is 17.9. The molecule has 0 N–H and O–H groups in total. The Hall–Kier alpha value is 2.22. The Morgan fingerprint density at radius 2 is 1.41 bits per heavy atom. The molecule has 0 saturated heterocycles. The van der Waals surface area contributed by atoms with Gasteiger partial charge in [-0.05, 0) is 19.8 Å². The van der Waals surface area contributed by atoms with Crippen LogP contribution in [0.1, 0.15) is 27.7 Å². The molecule has 0 atom stereocenters. The first kappa shape index (κ1) is 27.5. The third kappa shape index (κ3) is 38.1. The van der Waals surface area contributed by atoms with Crippen molar-refractivity contribution in [2.24, 2.45) is 5.92 Å². The number of rotatable bonds is 3. The van der Waals surface area contributed by atoms with Crippen molar-refractivity contribution >= 4 is 58.5 Å². The Morgan fingerprint density at radius 1 is 1.00 bits per heavy atom. The summed E-state index contributed by atoms with van der Waals surface area (Å²) in [5.41, 5.74) is 0. The van der Waals surface area contributed by atoms with E-state index in [0.717, 1.165) is 0 Å². The summed E-state index contributed by atoms with van der Waals surface area (Å²) in [7, 11) is 0. The molecule has 0 aliphatic heterocycles. The van der Waals surface area contributed by atoms with Crippen molar-refractivity contribution in [3.63, 3.8) is 0 Å². The first-order valence-corrected chi connectivity index (χ1v) is 6.10. The van der Waals surface area contributed by atoms with Crippen molar-refractivity contribution in [3.8, 4) is 0 Å². The molecule has 0 rings (SSSR count). The minimum atomic E-state index is 0. The molecule has 2 nitrogen and oxygen atoms in total. The number of ether oxygens (including phenoxy) is 2. The van der Waals surface area contributed by atoms with E-state index in [2.05, 4.69) is 49.7 Å². The van der Waals surface area contributed by atoms with Crippen molar-refractivity contribution in [1.29, 1.82) is 0 Å². The Balaban J connectivity index is -0.0000000896. The molecular weight excluding hydrogens is 314 g/mol. The zero-order chi connectivity index (χ0) is 12.4. The first-order valence-electron chi connectivity index (χ1n) is 4.47. The smallest absolute Gasteiger partial charge is 0.513 e. The van der Waals surface area contributed by atoms with Gasteiger partial charge in [-0.3, -0.25) is 0 Å². The van der Waals surface area contributed by atoms with Gasteiger partial charge in [0, 0.05) is 8.77 Å². The van der Waals surface area contributed by atoms with Gasteiger partial charge in [-0.1, -0.05) is 13.8 Å². The second-order valence-electron chi connectivity index (χ2n) is 3.37. The van der Waals surface area contributed by atoms with Crippen LogP contribution >= 0.6 is 24.4 Å². The standard InChI is InChI=1S/C5H10OS2.C4H8OS2.2Na/c1-4(2)3-6-5(7)8;1-3(2)5-4(6)7;;/h4H,3H2,1-2H3,(H,7,8);3H,1-2H3,(H,6,7);;/q;;2*+1/p-2. The summed E-state index contributed by atoms with van der Waals surface area (Å²) in [6, 6.07) is 0. The van der Waals surface area contributed by atoms with Crippen LogP contribution in [0.3, 0.4) is 0 Å². The van der Waals surface area contributed by atoms with Crippen molar-refractivity contribution in [3.05, 3.63) is 0 Å². The summed E-state index contributed by atoms with van der Waals surface area (Å²) < 4.78 is 10.1. The van der Waals surface area contributed by atoms with Crippen molar-refractivity contribution in [2.75, 3.05) is 6.61 Å². The van der Waals surface area contributed by atoms with Crippen molar-refractivity contribution in [2.45, 2.75) is 33.8 Å². The molecule has 0 aromatic heterocycles. The summed E-state index contributed by atoms with van der Waals surface area (Å²) in [5, 5.41) is 0. The molecule has 8 heteroatoms. The summed E-state index contributed by atoms with van der Waals surface area (Å²) in [6.07, 6.45) is 0.130. The number of hydrogen-bond acceptors (Lipinski definition) is 6. The Labute approximate surface area is 171 Å². The maximum atomic E-state index is 4.85. The van der Waals surface area contributed by atoms with Crippen LogP contribution in [0, 0.1) is 5.92 Å². The Bertz CT molecular complexity index is 201. The Morgan fingerprint density at radius 3 is 1.47 bits per heavy atom. The van der Waals surface area contributed by atoms with Crippen LogP contribution < -0.4 is 59.1 Å². The number of hydrogen-bond donors (Lipinski definition) is 0. The van der Waals surface area contributed by atoms with E-state index in [-0.39, 0.29) is 74.0 Å². The van der Waals surface area contributed by atoms with E-state index < -0.39 is 0 Å². The predicted molar refractivity (Wildman–Crippen MR) is 76.9 cm³/mol. The fourth-order valence-electron chi connectivity index (χ4n) is 0.427. The van der Waals surface area contributed by atoms with Crippen LogP contribution in [0.25, 0.3) is 0 Å². The zero-order valence-corrected chi connectivity index (χ0v) is 18.6. The SMILES string of the molecule is CC(C)COC(=S)[S-].CC(C)OC(=S)[S-].[Na+].[Na+]. The molecular formula is C9H16Na2O2S4. The molecule has 17 heavy (non-hydrogen) atoms. The van der Waals surface area contributed by atoms with Crippen LogP contribution in [-0.2, 0) is 34.7 Å². The third-order valence-corrected chi connectivity index (χ3v) is 1.29. The van der Waals surface area contributed by atoms with E-state index >= 15 is 0 Å². The van der Waals surface area contributed by atoms with Crippen LogP contribution in [0.2, 0.25) is 0 Å². The van der Waals surface area contributed by atoms with Crippen LogP contribution in [0.4, 0.5) is 0 Å². The predicted octanol–water partition coefficient (Wildman–Crippen LogP) is -3.26. The van der Waals surface area contributed by atoms with Crippen LogP contribution in [0.15, 0.2) is 0 Å². The van der Waals surface area contributed by atoms with Gasteiger partial charge in [0.25, 0.3) is 0 Å². The largest absolute Gasteiger partial charge is 1.00 e. The van der Waals surface area contributed by atoms with Gasteiger partial charge < -0.3 is 59.2 Å². The quantitative estimate of drug-likeness (QED) is 0.305. The van der Waals surface area contributed by atoms with Crippen LogP contribution in [-0.4, -0.2) is 21.5 Å². The maximum Gasteiger partial charge on any atom is 1.00 e. The van der Waals surface area contributed by atoms with E-state index in [9.17, 15) is 0 Å². The fourth-order valence-corrected chi connectivity index (χ4v) is 0.948. The molecule has 0 radical (unpaired) electrons. The molecule has 0 aliphatic rings. The van der Waals surface area contributed by atoms with Gasteiger partial charge in [0.05, 0.1) is 12.7 Å². The minimum Gasteiger partial charge on any atom is -0.513 e. The molecule has 0 spiro atoms. The fraction of sp³-hybridized carbons (Fsp3) is 0.778. The van der Waals surface area contributed by atoms with Crippen molar-refractivity contribution in [1.82, 2.24) is 0 Å². The van der Waals surface area contributed by atoms with E-state index in [1.165, 1.54) is 0 Å². The number of thiocarbonyl (C=S) groups is 2. The molecule has 0 fully saturated rings. The van der Waals surface area contributed by atoms with Gasteiger partial charge in [-0.15, -0.1) is 0 Å². The average molecular weight is 330 g/mol. The molecule has 0 aliphatic carbocycles. The second kappa shape index (κ2) is 18.2. The average Bonchev–Trinajstić information content (AvgIpc) is 1.99. The van der Waals surface area contributed by atoms with Gasteiger partial charge in [-0.25, -0.2) is 0 Å². The van der Waals surface area contributed by atoms with Gasteiger partial charge in [0.15, 0.2) is 0 Å². The zero-order valence-electron chi connectivity index (χ0n) is 11.3. The van der Waals surface area contributed by atoms with E-state index in [0.29, 0.717) is 12.5 Å². The third-order valence-electron chi connectivity index (χ3n) is 0.866. The monoisotopic (exact) mass is 330 g/mol. The first-order chi connectivity index (χ1) is 6.75. The molecule has 0 unspecified atom stereocenters. The minimum absolute atomic E-state index is 0. The van der Waals surface area contributed by atoms with E-state index in [4.69, 9.17) is 9.47 Å². The van der Waals surface area contributed by atoms with Crippen LogP contribution in [0.5, 0.6) is 0 Å². The summed E-state index contributed by atoms with van der Waals surface area (Å²) in [5.74, 6) is 0.510. The van der Waals surface area contributed by atoms with Gasteiger partial charge in [0.1, 0.15) is 0 Å². The van der Waals surface area contributed by atoms with E-state index in [1.807, 2.05) is 27.7 Å². The van der Waals surface area contributed by atoms with Gasteiger partial charge >= 0.3 is 59.1 Å². The molecule has 0 aromatic rings. The Kier molecular flexibility index (Phi) is 29.5. The molecule has 90 valence electrons. The van der Waals surface area contributed by atoms with Gasteiger partial charge in [-0.2, -0.15) is 0 Å². The molecule has 0 saturated carbocycles.